The average molecular weight is 456 g/mol. The Morgan fingerprint density at radius 1 is 1.32 bits per heavy atom. The fraction of sp³-hybridized carbons (Fsp3) is 0.312. The number of anilines is 2. The molecule has 0 saturated heterocycles. The van der Waals surface area contributed by atoms with Crippen molar-refractivity contribution in [3.63, 3.8) is 0 Å². The maximum absolute atomic E-state index is 12.1. The van der Waals surface area contributed by atoms with Gasteiger partial charge in [0, 0.05) is 16.7 Å². The Bertz CT molecular complexity index is 925. The molecule has 2 N–H and O–H groups in total. The number of hydrogen-bond acceptors (Lipinski definition) is 10. The lowest BCUT2D eigenvalue weighted by atomic mass is 10.4. The van der Waals surface area contributed by atoms with Gasteiger partial charge < -0.3 is 9.84 Å². The van der Waals surface area contributed by atoms with E-state index >= 15 is 0 Å². The number of amides is 2. The lowest BCUT2D eigenvalue weighted by Gasteiger charge is -2.09. The second kappa shape index (κ2) is 10.0. The van der Waals surface area contributed by atoms with E-state index in [0.717, 1.165) is 10.1 Å². The minimum absolute atomic E-state index is 0.129. The quantitative estimate of drug-likeness (QED) is 0.369. The number of nitrogens with zero attached hydrogens (tertiary/aromatic N) is 3. The maximum Gasteiger partial charge on any atom is 0.238 e. The fourth-order valence-corrected chi connectivity index (χ4v) is 5.16. The molecule has 3 aromatic heterocycles. The highest BCUT2D eigenvalue weighted by Crippen LogP contribution is 2.29. The van der Waals surface area contributed by atoms with Crippen molar-refractivity contribution in [1.82, 2.24) is 15.4 Å². The third-order valence-electron chi connectivity index (χ3n) is 3.28. The van der Waals surface area contributed by atoms with Crippen LogP contribution in [0.1, 0.15) is 17.6 Å². The Balaban J connectivity index is 1.39. The molecule has 12 heteroatoms. The average Bonchev–Trinajstić information content (AvgIpc) is 3.41. The van der Waals surface area contributed by atoms with Gasteiger partial charge in [0.1, 0.15) is 5.76 Å². The minimum Gasteiger partial charge on any atom is -0.360 e. The molecule has 0 spiro atoms. The van der Waals surface area contributed by atoms with Crippen molar-refractivity contribution in [3.8, 4) is 0 Å². The molecule has 0 bridgehead atoms. The summed E-state index contributed by atoms with van der Waals surface area (Å²) in [7, 11) is 0. The van der Waals surface area contributed by atoms with Gasteiger partial charge in [0.15, 0.2) is 10.2 Å². The number of aryl methyl sites for hydroxylation is 1. The molecular formula is C16H17N5O3S4. The van der Waals surface area contributed by atoms with E-state index in [2.05, 4.69) is 32.1 Å². The highest BCUT2D eigenvalue weighted by molar-refractivity contribution is 8.01. The summed E-state index contributed by atoms with van der Waals surface area (Å²) in [5, 5.41) is 19.2. The van der Waals surface area contributed by atoms with E-state index in [0.29, 0.717) is 16.7 Å². The molecule has 0 fully saturated rings. The first-order valence-electron chi connectivity index (χ1n) is 8.14. The normalized spacial score (nSPS) is 11.9. The molecular weight excluding hydrogens is 438 g/mol. The van der Waals surface area contributed by atoms with Crippen molar-refractivity contribution in [2.24, 2.45) is 0 Å². The van der Waals surface area contributed by atoms with Gasteiger partial charge >= 0.3 is 0 Å². The molecule has 0 saturated carbocycles. The molecule has 0 aliphatic heterocycles. The molecule has 2 amide bonds. The second-order valence-corrected chi connectivity index (χ2v) is 10.1. The van der Waals surface area contributed by atoms with Crippen LogP contribution in [0.2, 0.25) is 0 Å². The van der Waals surface area contributed by atoms with E-state index in [1.807, 2.05) is 11.4 Å². The molecule has 0 aliphatic carbocycles. The van der Waals surface area contributed by atoms with Gasteiger partial charge in [-0.25, -0.2) is 0 Å². The zero-order valence-electron chi connectivity index (χ0n) is 15.0. The van der Waals surface area contributed by atoms with Gasteiger partial charge in [-0.3, -0.25) is 14.9 Å². The van der Waals surface area contributed by atoms with Crippen molar-refractivity contribution in [2.75, 3.05) is 16.4 Å². The third kappa shape index (κ3) is 6.33. The van der Waals surface area contributed by atoms with Crippen molar-refractivity contribution in [2.45, 2.75) is 29.2 Å². The molecule has 1 atom stereocenters. The molecule has 3 heterocycles. The molecule has 0 aliphatic rings. The predicted molar refractivity (Wildman–Crippen MR) is 114 cm³/mol. The van der Waals surface area contributed by atoms with Gasteiger partial charge in [-0.05, 0) is 25.3 Å². The van der Waals surface area contributed by atoms with E-state index in [-0.39, 0.29) is 17.6 Å². The van der Waals surface area contributed by atoms with Gasteiger partial charge in [-0.15, -0.1) is 33.3 Å². The summed E-state index contributed by atoms with van der Waals surface area (Å²) in [6.45, 7) is 3.47. The molecule has 0 aromatic carbocycles. The molecule has 0 radical (unpaired) electrons. The van der Waals surface area contributed by atoms with E-state index in [1.165, 1.54) is 28.0 Å². The summed E-state index contributed by atoms with van der Waals surface area (Å²) >= 11 is 5.83. The van der Waals surface area contributed by atoms with Crippen LogP contribution in [0.5, 0.6) is 0 Å². The van der Waals surface area contributed by atoms with Crippen molar-refractivity contribution < 1.29 is 14.1 Å². The second-order valence-electron chi connectivity index (χ2n) is 5.55. The Kier molecular flexibility index (Phi) is 7.48. The number of nitrogens with one attached hydrogen (secondary N) is 2. The van der Waals surface area contributed by atoms with Gasteiger partial charge in [0.25, 0.3) is 0 Å². The van der Waals surface area contributed by atoms with Crippen LogP contribution in [-0.2, 0) is 15.3 Å². The zero-order valence-corrected chi connectivity index (χ0v) is 18.3. The van der Waals surface area contributed by atoms with Crippen LogP contribution >= 0.6 is 46.2 Å². The lowest BCUT2D eigenvalue weighted by Crippen LogP contribution is -2.25. The molecule has 3 aromatic rings. The number of thiophene rings is 1. The topological polar surface area (TPSA) is 110 Å². The predicted octanol–water partition coefficient (Wildman–Crippen LogP) is 3.89. The summed E-state index contributed by atoms with van der Waals surface area (Å²) in [4.78, 5) is 25.5. The highest BCUT2D eigenvalue weighted by atomic mass is 32.2. The van der Waals surface area contributed by atoms with Gasteiger partial charge in [-0.2, -0.15) is 0 Å². The Hall–Kier alpha value is -1.89. The number of carbonyl (C=O) groups is 2. The number of thioether (sulfide) groups is 2. The molecule has 1 unspecified atom stereocenters. The Morgan fingerprint density at radius 3 is 2.89 bits per heavy atom. The van der Waals surface area contributed by atoms with Crippen LogP contribution in [-0.4, -0.2) is 38.2 Å². The Morgan fingerprint density at radius 2 is 2.18 bits per heavy atom. The smallest absolute Gasteiger partial charge is 0.238 e. The highest BCUT2D eigenvalue weighted by Gasteiger charge is 2.17. The first-order valence-corrected chi connectivity index (χ1v) is 11.9. The summed E-state index contributed by atoms with van der Waals surface area (Å²) < 4.78 is 5.70. The van der Waals surface area contributed by atoms with Gasteiger partial charge in [-0.1, -0.05) is 34.3 Å². The van der Waals surface area contributed by atoms with E-state index in [4.69, 9.17) is 4.52 Å². The monoisotopic (exact) mass is 455 g/mol. The van der Waals surface area contributed by atoms with Gasteiger partial charge in [0.05, 0.1) is 11.0 Å². The van der Waals surface area contributed by atoms with Crippen molar-refractivity contribution in [1.29, 1.82) is 0 Å². The van der Waals surface area contributed by atoms with Crippen LogP contribution in [0.3, 0.4) is 0 Å². The maximum atomic E-state index is 12.1. The largest absolute Gasteiger partial charge is 0.360 e. The summed E-state index contributed by atoms with van der Waals surface area (Å²) in [6, 6.07) is 5.71. The zero-order chi connectivity index (χ0) is 19.9. The number of carbonyl (C=O) groups excluding carboxylic acids is 2. The first kappa shape index (κ1) is 20.8. The van der Waals surface area contributed by atoms with Crippen LogP contribution in [0, 0.1) is 6.92 Å². The van der Waals surface area contributed by atoms with E-state index in [9.17, 15) is 9.59 Å². The minimum atomic E-state index is -0.422. The van der Waals surface area contributed by atoms with E-state index in [1.54, 1.807) is 43.0 Å². The van der Waals surface area contributed by atoms with Crippen LogP contribution in [0.4, 0.5) is 10.9 Å². The van der Waals surface area contributed by atoms with Crippen LogP contribution < -0.4 is 10.6 Å². The summed E-state index contributed by atoms with van der Waals surface area (Å²) in [6.07, 6.45) is 0. The SMILES string of the molecule is Cc1cc(NC(=O)C(C)SCC(=O)Nc2nnc(SCc3cccs3)s2)no1. The molecule has 3 rings (SSSR count). The van der Waals surface area contributed by atoms with Gasteiger partial charge in [0.2, 0.25) is 16.9 Å². The Labute approximate surface area is 177 Å². The lowest BCUT2D eigenvalue weighted by molar-refractivity contribution is -0.115. The molecule has 8 nitrogen and oxygen atoms in total. The summed E-state index contributed by atoms with van der Waals surface area (Å²) in [5.41, 5.74) is 0. The number of rotatable bonds is 9. The fourth-order valence-electron chi connectivity index (χ4n) is 1.93. The van der Waals surface area contributed by atoms with Crippen LogP contribution in [0.25, 0.3) is 0 Å². The van der Waals surface area contributed by atoms with Crippen LogP contribution in [0.15, 0.2) is 32.4 Å². The standard InChI is InChI=1S/C16H17N5O3S4/c1-9-6-12(21-24-9)17-14(23)10(2)26-8-13(22)18-15-19-20-16(28-15)27-7-11-4-3-5-25-11/h3-6,10H,7-8H2,1-2H3,(H,17,21,23)(H,18,19,22). The van der Waals surface area contributed by atoms with E-state index < -0.39 is 5.25 Å². The number of hydrogen-bond donors (Lipinski definition) is 2. The van der Waals surface area contributed by atoms with Crippen molar-refractivity contribution >= 4 is 69.0 Å². The third-order valence-corrected chi connectivity index (χ3v) is 7.51. The molecule has 28 heavy (non-hydrogen) atoms. The number of aromatic nitrogens is 3. The summed E-state index contributed by atoms with van der Waals surface area (Å²) in [5.74, 6) is 1.46. The van der Waals surface area contributed by atoms with Crippen molar-refractivity contribution in [3.05, 3.63) is 34.2 Å². The first-order chi connectivity index (χ1) is 13.5. The molecule has 148 valence electrons.